The monoisotopic (exact) mass is 373 g/mol. The van der Waals surface area contributed by atoms with Crippen LogP contribution in [0.4, 0.5) is 5.69 Å². The predicted molar refractivity (Wildman–Crippen MR) is 112 cm³/mol. The van der Waals surface area contributed by atoms with Gasteiger partial charge in [-0.05, 0) is 44.5 Å². The highest BCUT2D eigenvalue weighted by atomic mass is 16.2. The van der Waals surface area contributed by atoms with Gasteiger partial charge in [0, 0.05) is 28.2 Å². The molecule has 1 aromatic heterocycles. The Kier molecular flexibility index (Phi) is 4.51. The van der Waals surface area contributed by atoms with Crippen molar-refractivity contribution in [3.8, 4) is 0 Å². The maximum absolute atomic E-state index is 12.9. The summed E-state index contributed by atoms with van der Waals surface area (Å²) in [7, 11) is 0. The Hall–Kier alpha value is -3.34. The number of rotatable bonds is 4. The Morgan fingerprint density at radius 1 is 1.04 bits per heavy atom. The largest absolute Gasteiger partial charge is 0.341 e. The summed E-state index contributed by atoms with van der Waals surface area (Å²) in [5.41, 5.74) is 6.56. The number of aromatic nitrogens is 1. The molecule has 4 rings (SSSR count). The SMILES string of the molecule is CCC(C)n1c(C)c(C=C2C(=O)NN(c3ccccc3)C2=O)c2ccccc21. The van der Waals surface area contributed by atoms with Crippen molar-refractivity contribution in [1.29, 1.82) is 0 Å². The third kappa shape index (κ3) is 2.80. The maximum Gasteiger partial charge on any atom is 0.282 e. The van der Waals surface area contributed by atoms with Crippen molar-refractivity contribution in [2.45, 2.75) is 33.2 Å². The Morgan fingerprint density at radius 3 is 2.43 bits per heavy atom. The number of nitrogens with one attached hydrogen (secondary N) is 1. The summed E-state index contributed by atoms with van der Waals surface area (Å²) in [6.07, 6.45) is 2.73. The molecule has 0 bridgehead atoms. The van der Waals surface area contributed by atoms with Crippen LogP contribution in [-0.4, -0.2) is 16.4 Å². The summed E-state index contributed by atoms with van der Waals surface area (Å²) in [4.78, 5) is 25.5. The molecule has 1 saturated heterocycles. The highest BCUT2D eigenvalue weighted by Gasteiger charge is 2.35. The van der Waals surface area contributed by atoms with E-state index in [-0.39, 0.29) is 17.4 Å². The van der Waals surface area contributed by atoms with Gasteiger partial charge in [0.05, 0.1) is 5.69 Å². The quantitative estimate of drug-likeness (QED) is 0.545. The lowest BCUT2D eigenvalue weighted by atomic mass is 10.1. The van der Waals surface area contributed by atoms with Crippen LogP contribution in [0.2, 0.25) is 0 Å². The first-order chi connectivity index (χ1) is 13.5. The van der Waals surface area contributed by atoms with Gasteiger partial charge in [-0.2, -0.15) is 0 Å². The summed E-state index contributed by atoms with van der Waals surface area (Å²) >= 11 is 0. The molecule has 1 atom stereocenters. The zero-order chi connectivity index (χ0) is 19.8. The van der Waals surface area contributed by atoms with Gasteiger partial charge in [0.25, 0.3) is 11.8 Å². The van der Waals surface area contributed by atoms with E-state index < -0.39 is 0 Å². The van der Waals surface area contributed by atoms with Crippen LogP contribution in [0.3, 0.4) is 0 Å². The average Bonchev–Trinajstić information content (AvgIpc) is 3.16. The van der Waals surface area contributed by atoms with Gasteiger partial charge in [0.1, 0.15) is 5.57 Å². The van der Waals surface area contributed by atoms with Gasteiger partial charge in [-0.25, -0.2) is 5.01 Å². The molecule has 142 valence electrons. The van der Waals surface area contributed by atoms with E-state index in [0.29, 0.717) is 11.7 Å². The molecule has 3 aromatic rings. The second-order valence-corrected chi connectivity index (χ2v) is 7.12. The molecule has 1 unspecified atom stereocenters. The standard InChI is InChI=1S/C23H23N3O2/c1-4-15(2)25-16(3)19(18-12-8-9-13-21(18)25)14-20-22(27)24-26(23(20)28)17-10-6-5-7-11-17/h5-15H,4H2,1-3H3,(H,24,27). The molecular weight excluding hydrogens is 350 g/mol. The van der Waals surface area contributed by atoms with Crippen molar-refractivity contribution in [3.63, 3.8) is 0 Å². The lowest BCUT2D eigenvalue weighted by molar-refractivity contribution is -0.117. The first kappa shape index (κ1) is 18.0. The third-order valence-corrected chi connectivity index (χ3v) is 5.43. The van der Waals surface area contributed by atoms with Crippen molar-refractivity contribution in [3.05, 3.63) is 71.4 Å². The molecule has 0 aliphatic carbocycles. The molecule has 2 aromatic carbocycles. The minimum Gasteiger partial charge on any atom is -0.341 e. The van der Waals surface area contributed by atoms with Gasteiger partial charge in [-0.3, -0.25) is 15.0 Å². The molecule has 28 heavy (non-hydrogen) atoms. The van der Waals surface area contributed by atoms with E-state index in [1.54, 1.807) is 18.2 Å². The number of carbonyl (C=O) groups excluding carboxylic acids is 2. The average molecular weight is 373 g/mol. The van der Waals surface area contributed by atoms with Crippen LogP contribution in [0.15, 0.2) is 60.2 Å². The minimum absolute atomic E-state index is 0.152. The van der Waals surface area contributed by atoms with E-state index in [9.17, 15) is 9.59 Å². The third-order valence-electron chi connectivity index (χ3n) is 5.43. The topological polar surface area (TPSA) is 54.3 Å². The van der Waals surface area contributed by atoms with Crippen LogP contribution in [0.5, 0.6) is 0 Å². The van der Waals surface area contributed by atoms with Gasteiger partial charge in [-0.1, -0.05) is 43.3 Å². The van der Waals surface area contributed by atoms with Crippen LogP contribution in [0, 0.1) is 6.92 Å². The number of fused-ring (bicyclic) bond motifs is 1. The predicted octanol–water partition coefficient (Wildman–Crippen LogP) is 4.38. The first-order valence-corrected chi connectivity index (χ1v) is 9.54. The Labute approximate surface area is 164 Å². The van der Waals surface area contributed by atoms with Crippen LogP contribution in [0.1, 0.15) is 37.6 Å². The molecule has 1 aliphatic rings. The van der Waals surface area contributed by atoms with Crippen LogP contribution in [0.25, 0.3) is 17.0 Å². The van der Waals surface area contributed by atoms with Crippen molar-refractivity contribution in [2.75, 3.05) is 5.01 Å². The van der Waals surface area contributed by atoms with Crippen molar-refractivity contribution >= 4 is 34.5 Å². The van der Waals surface area contributed by atoms with Gasteiger partial charge in [0.15, 0.2) is 0 Å². The molecule has 0 saturated carbocycles. The highest BCUT2D eigenvalue weighted by molar-refractivity contribution is 6.32. The molecule has 1 aliphatic heterocycles. The van der Waals surface area contributed by atoms with Crippen molar-refractivity contribution < 1.29 is 9.59 Å². The summed E-state index contributed by atoms with van der Waals surface area (Å²) in [5.74, 6) is -0.718. The normalized spacial score (nSPS) is 16.8. The lowest BCUT2D eigenvalue weighted by Crippen LogP contribution is -2.35. The number of carbonyl (C=O) groups is 2. The lowest BCUT2D eigenvalue weighted by Gasteiger charge is -2.15. The fraction of sp³-hybridized carbons (Fsp3) is 0.217. The van der Waals surface area contributed by atoms with Gasteiger partial charge >= 0.3 is 0 Å². The number of para-hydroxylation sites is 2. The summed E-state index contributed by atoms with van der Waals surface area (Å²) in [6, 6.07) is 17.6. The number of hydrogen-bond acceptors (Lipinski definition) is 2. The first-order valence-electron chi connectivity index (χ1n) is 9.54. The summed E-state index contributed by atoms with van der Waals surface area (Å²) in [5, 5.41) is 2.35. The zero-order valence-corrected chi connectivity index (χ0v) is 16.3. The van der Waals surface area contributed by atoms with Crippen molar-refractivity contribution in [1.82, 2.24) is 9.99 Å². The number of anilines is 1. The molecule has 0 spiro atoms. The zero-order valence-electron chi connectivity index (χ0n) is 16.3. The fourth-order valence-electron chi connectivity index (χ4n) is 3.81. The number of amides is 2. The van der Waals surface area contributed by atoms with Gasteiger partial charge < -0.3 is 4.57 Å². The van der Waals surface area contributed by atoms with E-state index in [4.69, 9.17) is 0 Å². The van der Waals surface area contributed by atoms with E-state index >= 15 is 0 Å². The van der Waals surface area contributed by atoms with Crippen LogP contribution in [-0.2, 0) is 9.59 Å². The van der Waals surface area contributed by atoms with E-state index in [2.05, 4.69) is 29.9 Å². The van der Waals surface area contributed by atoms with E-state index in [0.717, 1.165) is 28.6 Å². The van der Waals surface area contributed by atoms with Gasteiger partial charge in [0.2, 0.25) is 0 Å². The molecule has 5 nitrogen and oxygen atoms in total. The fourth-order valence-corrected chi connectivity index (χ4v) is 3.81. The Bertz CT molecular complexity index is 1100. The Balaban J connectivity index is 1.83. The smallest absolute Gasteiger partial charge is 0.282 e. The van der Waals surface area contributed by atoms with Crippen LogP contribution < -0.4 is 10.4 Å². The maximum atomic E-state index is 12.9. The molecule has 2 heterocycles. The Morgan fingerprint density at radius 2 is 1.71 bits per heavy atom. The van der Waals surface area contributed by atoms with Gasteiger partial charge in [-0.15, -0.1) is 0 Å². The second kappa shape index (κ2) is 7.00. The molecule has 1 fully saturated rings. The summed E-state index contributed by atoms with van der Waals surface area (Å²) < 4.78 is 2.29. The number of hydrogen-bond donors (Lipinski definition) is 1. The summed E-state index contributed by atoms with van der Waals surface area (Å²) in [6.45, 7) is 6.38. The second-order valence-electron chi connectivity index (χ2n) is 7.12. The van der Waals surface area contributed by atoms with E-state index in [1.807, 2.05) is 43.3 Å². The number of nitrogens with zero attached hydrogens (tertiary/aromatic N) is 2. The molecule has 1 N–H and O–H groups in total. The van der Waals surface area contributed by atoms with Crippen LogP contribution >= 0.6 is 0 Å². The van der Waals surface area contributed by atoms with E-state index in [1.165, 1.54) is 5.01 Å². The molecule has 2 amide bonds. The molecular formula is C23H23N3O2. The minimum atomic E-state index is -0.381. The molecule has 0 radical (unpaired) electrons. The highest BCUT2D eigenvalue weighted by Crippen LogP contribution is 2.32. The molecule has 5 heteroatoms. The number of benzene rings is 2. The van der Waals surface area contributed by atoms with Crippen molar-refractivity contribution in [2.24, 2.45) is 0 Å². The number of hydrazine groups is 1.